The van der Waals surface area contributed by atoms with Gasteiger partial charge in [-0.25, -0.2) is 17.5 Å². The van der Waals surface area contributed by atoms with Gasteiger partial charge in [0, 0.05) is 10.4 Å². The third-order valence-electron chi connectivity index (χ3n) is 3.22. The highest BCUT2D eigenvalue weighted by molar-refractivity contribution is 7.91. The van der Waals surface area contributed by atoms with Crippen LogP contribution in [0.3, 0.4) is 0 Å². The van der Waals surface area contributed by atoms with Crippen LogP contribution in [0.1, 0.15) is 17.7 Å². The fraction of sp³-hybridized carbons (Fsp3) is 0.200. The van der Waals surface area contributed by atoms with Crippen molar-refractivity contribution in [3.63, 3.8) is 0 Å². The largest absolute Gasteiger partial charge is 0.419 e. The zero-order chi connectivity index (χ0) is 17.2. The van der Waals surface area contributed by atoms with E-state index < -0.39 is 10.0 Å². The predicted octanol–water partition coefficient (Wildman–Crippen LogP) is 2.98. The van der Waals surface area contributed by atoms with Crippen molar-refractivity contribution in [1.82, 2.24) is 14.9 Å². The lowest BCUT2D eigenvalue weighted by molar-refractivity contribution is 0.494. The fourth-order valence-corrected chi connectivity index (χ4v) is 4.27. The smallest absolute Gasteiger partial charge is 0.250 e. The number of hydrogen-bond donors (Lipinski definition) is 1. The number of nitrogens with one attached hydrogen (secondary N) is 1. The van der Waals surface area contributed by atoms with Gasteiger partial charge in [0.1, 0.15) is 10.0 Å². The molecule has 0 aliphatic carbocycles. The highest BCUT2D eigenvalue weighted by Crippen LogP contribution is 2.22. The molecule has 126 valence electrons. The van der Waals surface area contributed by atoms with Crippen molar-refractivity contribution in [2.75, 3.05) is 0 Å². The van der Waals surface area contributed by atoms with Gasteiger partial charge < -0.3 is 4.42 Å². The van der Waals surface area contributed by atoms with Crippen LogP contribution in [0.2, 0.25) is 0 Å². The molecule has 0 saturated heterocycles. The molecule has 0 aliphatic heterocycles. The van der Waals surface area contributed by atoms with E-state index in [1.165, 1.54) is 35.6 Å². The van der Waals surface area contributed by atoms with Crippen molar-refractivity contribution in [3.8, 4) is 11.5 Å². The summed E-state index contributed by atoms with van der Waals surface area (Å²) in [4.78, 5) is 0.992. The highest BCUT2D eigenvalue weighted by atomic mass is 32.2. The van der Waals surface area contributed by atoms with Gasteiger partial charge in [-0.2, -0.15) is 0 Å². The summed E-state index contributed by atoms with van der Waals surface area (Å²) in [6.45, 7) is 1.85. The van der Waals surface area contributed by atoms with Crippen LogP contribution in [0.5, 0.6) is 0 Å². The van der Waals surface area contributed by atoms with E-state index in [0.717, 1.165) is 11.3 Å². The molecule has 2 heterocycles. The van der Waals surface area contributed by atoms with Crippen molar-refractivity contribution in [2.45, 2.75) is 24.1 Å². The van der Waals surface area contributed by atoms with E-state index in [0.29, 0.717) is 5.56 Å². The number of rotatable bonds is 6. The van der Waals surface area contributed by atoms with E-state index >= 15 is 0 Å². The lowest BCUT2D eigenvalue weighted by Crippen LogP contribution is -2.22. The summed E-state index contributed by atoms with van der Waals surface area (Å²) in [5, 5.41) is 7.63. The van der Waals surface area contributed by atoms with Crippen molar-refractivity contribution in [3.05, 3.63) is 53.0 Å². The Kier molecular flexibility index (Phi) is 4.74. The van der Waals surface area contributed by atoms with E-state index in [9.17, 15) is 12.8 Å². The molecule has 2 aromatic heterocycles. The first-order valence-corrected chi connectivity index (χ1v) is 9.44. The summed E-state index contributed by atoms with van der Waals surface area (Å²) in [7, 11) is -3.62. The minimum absolute atomic E-state index is 0.115. The van der Waals surface area contributed by atoms with Crippen LogP contribution >= 0.6 is 11.3 Å². The molecule has 24 heavy (non-hydrogen) atoms. The molecule has 0 amide bonds. The van der Waals surface area contributed by atoms with Gasteiger partial charge in [0.15, 0.2) is 0 Å². The SMILES string of the molecule is CCc1ccc(S(=O)(=O)NCc2nnc(-c3ccc(F)cc3)o2)s1. The van der Waals surface area contributed by atoms with Gasteiger partial charge in [0.05, 0.1) is 6.54 Å². The second-order valence-corrected chi connectivity index (χ2v) is 8.07. The zero-order valence-electron chi connectivity index (χ0n) is 12.7. The van der Waals surface area contributed by atoms with Crippen LogP contribution < -0.4 is 4.72 Å². The summed E-state index contributed by atoms with van der Waals surface area (Å²) < 4.78 is 45.4. The minimum Gasteiger partial charge on any atom is -0.419 e. The van der Waals surface area contributed by atoms with Crippen LogP contribution in [-0.4, -0.2) is 18.6 Å². The van der Waals surface area contributed by atoms with Gasteiger partial charge in [-0.05, 0) is 42.8 Å². The molecule has 9 heteroatoms. The van der Waals surface area contributed by atoms with E-state index in [4.69, 9.17) is 4.42 Å². The van der Waals surface area contributed by atoms with Gasteiger partial charge in [0.25, 0.3) is 10.0 Å². The molecule has 0 unspecified atom stereocenters. The average Bonchev–Trinajstić information content (AvgIpc) is 3.23. The second-order valence-electron chi connectivity index (χ2n) is 4.91. The Morgan fingerprint density at radius 3 is 2.58 bits per heavy atom. The molecule has 0 radical (unpaired) electrons. The molecule has 0 fully saturated rings. The number of aryl methyl sites for hydroxylation is 1. The lowest BCUT2D eigenvalue weighted by atomic mass is 10.2. The molecule has 0 atom stereocenters. The topological polar surface area (TPSA) is 85.1 Å². The third kappa shape index (κ3) is 3.69. The van der Waals surface area contributed by atoms with Crippen molar-refractivity contribution >= 4 is 21.4 Å². The Hall–Kier alpha value is -2.10. The van der Waals surface area contributed by atoms with Crippen LogP contribution in [0.15, 0.2) is 45.0 Å². The number of hydrogen-bond acceptors (Lipinski definition) is 6. The van der Waals surface area contributed by atoms with Crippen LogP contribution in [-0.2, 0) is 23.0 Å². The average molecular weight is 367 g/mol. The molecule has 1 N–H and O–H groups in total. The number of halogens is 1. The summed E-state index contributed by atoms with van der Waals surface area (Å²) in [5.74, 6) is -0.0348. The number of nitrogens with zero attached hydrogens (tertiary/aromatic N) is 2. The normalized spacial score (nSPS) is 11.8. The van der Waals surface area contributed by atoms with E-state index in [-0.39, 0.29) is 28.4 Å². The second kappa shape index (κ2) is 6.80. The van der Waals surface area contributed by atoms with Crippen molar-refractivity contribution in [2.24, 2.45) is 0 Å². The number of thiophene rings is 1. The van der Waals surface area contributed by atoms with E-state index in [2.05, 4.69) is 14.9 Å². The molecule has 3 aromatic rings. The Labute approximate surface area is 142 Å². The van der Waals surface area contributed by atoms with Crippen LogP contribution in [0, 0.1) is 5.82 Å². The first-order chi connectivity index (χ1) is 11.5. The third-order valence-corrected chi connectivity index (χ3v) is 6.34. The molecule has 0 aliphatic rings. The van der Waals surface area contributed by atoms with Gasteiger partial charge in [0.2, 0.25) is 11.8 Å². The summed E-state index contributed by atoms with van der Waals surface area (Å²) >= 11 is 1.23. The van der Waals surface area contributed by atoms with Crippen molar-refractivity contribution in [1.29, 1.82) is 0 Å². The number of benzene rings is 1. The van der Waals surface area contributed by atoms with E-state index in [1.54, 1.807) is 12.1 Å². The molecular formula is C15H14FN3O3S2. The molecule has 6 nitrogen and oxygen atoms in total. The van der Waals surface area contributed by atoms with Gasteiger partial charge in [-0.1, -0.05) is 6.92 Å². The zero-order valence-corrected chi connectivity index (χ0v) is 14.3. The minimum atomic E-state index is -3.62. The fourth-order valence-electron chi connectivity index (χ4n) is 1.95. The quantitative estimate of drug-likeness (QED) is 0.724. The molecule has 0 bridgehead atoms. The van der Waals surface area contributed by atoms with Crippen molar-refractivity contribution < 1.29 is 17.2 Å². The summed E-state index contributed by atoms with van der Waals surface area (Å²) in [6.07, 6.45) is 0.783. The number of aromatic nitrogens is 2. The molecular weight excluding hydrogens is 353 g/mol. The molecule has 0 saturated carbocycles. The Morgan fingerprint density at radius 2 is 1.92 bits per heavy atom. The maximum atomic E-state index is 12.9. The summed E-state index contributed by atoms with van der Waals surface area (Å²) in [6, 6.07) is 8.94. The first-order valence-electron chi connectivity index (χ1n) is 7.14. The molecule has 0 spiro atoms. The summed E-state index contributed by atoms with van der Waals surface area (Å²) in [5.41, 5.74) is 0.559. The Morgan fingerprint density at radius 1 is 1.17 bits per heavy atom. The first kappa shape index (κ1) is 16.7. The standard InChI is InChI=1S/C15H14FN3O3S2/c1-2-12-7-8-14(23-12)24(20,21)17-9-13-18-19-15(22-13)10-3-5-11(16)6-4-10/h3-8,17H,2,9H2,1H3. The monoisotopic (exact) mass is 367 g/mol. The van der Waals surface area contributed by atoms with Crippen LogP contribution in [0.25, 0.3) is 11.5 Å². The van der Waals surface area contributed by atoms with Gasteiger partial charge >= 0.3 is 0 Å². The van der Waals surface area contributed by atoms with Gasteiger partial charge in [-0.15, -0.1) is 21.5 Å². The predicted molar refractivity (Wildman–Crippen MR) is 87.4 cm³/mol. The van der Waals surface area contributed by atoms with E-state index in [1.807, 2.05) is 6.92 Å². The number of sulfonamides is 1. The van der Waals surface area contributed by atoms with Gasteiger partial charge in [-0.3, -0.25) is 0 Å². The lowest BCUT2D eigenvalue weighted by Gasteiger charge is -2.01. The maximum Gasteiger partial charge on any atom is 0.250 e. The highest BCUT2D eigenvalue weighted by Gasteiger charge is 2.18. The Bertz CT molecular complexity index is 933. The molecule has 1 aromatic carbocycles. The van der Waals surface area contributed by atoms with Crippen LogP contribution in [0.4, 0.5) is 4.39 Å². The molecule has 3 rings (SSSR count). The maximum absolute atomic E-state index is 12.9. The Balaban J connectivity index is 1.70.